The quantitative estimate of drug-likeness (QED) is 0.779. The molecule has 1 aromatic rings. The summed E-state index contributed by atoms with van der Waals surface area (Å²) in [6.45, 7) is 2.15. The molecule has 1 saturated heterocycles. The van der Waals surface area contributed by atoms with E-state index in [1.807, 2.05) is 6.07 Å². The van der Waals surface area contributed by atoms with Crippen molar-refractivity contribution in [1.82, 2.24) is 15.3 Å². The highest BCUT2D eigenvalue weighted by molar-refractivity contribution is 5.76. The fourth-order valence-electron chi connectivity index (χ4n) is 2.11. The lowest BCUT2D eigenvalue weighted by Crippen LogP contribution is -2.45. The number of aromatic nitrogens is 2. The second-order valence-electron chi connectivity index (χ2n) is 4.42. The number of carbonyl (C=O) groups excluding carboxylic acids is 1. The maximum Gasteiger partial charge on any atom is 0.225 e. The summed E-state index contributed by atoms with van der Waals surface area (Å²) in [5.41, 5.74) is 5.35. The summed E-state index contributed by atoms with van der Waals surface area (Å²) in [6.07, 6.45) is 5.75. The lowest BCUT2D eigenvalue weighted by Gasteiger charge is -2.32. The molecule has 1 fully saturated rings. The molecule has 2 rings (SSSR count). The number of hydrogen-bond acceptors (Lipinski definition) is 5. The molecule has 18 heavy (non-hydrogen) atoms. The van der Waals surface area contributed by atoms with Gasteiger partial charge in [0.25, 0.3) is 0 Å². The van der Waals surface area contributed by atoms with Crippen LogP contribution in [-0.4, -0.2) is 41.6 Å². The van der Waals surface area contributed by atoms with Crippen LogP contribution in [0, 0.1) is 0 Å². The third-order valence-corrected chi connectivity index (χ3v) is 3.07. The number of hydrogen-bond donors (Lipinski definition) is 2. The molecule has 0 unspecified atom stereocenters. The van der Waals surface area contributed by atoms with Crippen LogP contribution in [0.25, 0.3) is 0 Å². The molecule has 0 atom stereocenters. The summed E-state index contributed by atoms with van der Waals surface area (Å²) in [6, 6.07) is 2.06. The van der Waals surface area contributed by atoms with Crippen molar-refractivity contribution >= 4 is 11.9 Å². The zero-order chi connectivity index (χ0) is 12.8. The van der Waals surface area contributed by atoms with E-state index in [-0.39, 0.29) is 11.9 Å². The van der Waals surface area contributed by atoms with Crippen LogP contribution in [0.2, 0.25) is 0 Å². The SMILES string of the molecule is NCCC(=O)NC1CCN(c2ncccn2)CC1. The number of nitrogens with two attached hydrogens (primary N) is 1. The Morgan fingerprint density at radius 3 is 2.67 bits per heavy atom. The summed E-state index contributed by atoms with van der Waals surface area (Å²) in [4.78, 5) is 22.0. The lowest BCUT2D eigenvalue weighted by molar-refractivity contribution is -0.121. The number of nitrogens with one attached hydrogen (secondary N) is 1. The van der Waals surface area contributed by atoms with Gasteiger partial charge in [-0.15, -0.1) is 0 Å². The Hall–Kier alpha value is -1.69. The summed E-state index contributed by atoms with van der Waals surface area (Å²) in [7, 11) is 0. The van der Waals surface area contributed by atoms with Gasteiger partial charge in [0.15, 0.2) is 0 Å². The van der Waals surface area contributed by atoms with Crippen LogP contribution in [0.1, 0.15) is 19.3 Å². The molecule has 0 radical (unpaired) electrons. The highest BCUT2D eigenvalue weighted by Gasteiger charge is 2.21. The minimum absolute atomic E-state index is 0.0481. The lowest BCUT2D eigenvalue weighted by atomic mass is 10.1. The smallest absolute Gasteiger partial charge is 0.225 e. The third kappa shape index (κ3) is 3.40. The van der Waals surface area contributed by atoms with Crippen LogP contribution in [0.4, 0.5) is 5.95 Å². The van der Waals surface area contributed by atoms with Gasteiger partial charge < -0.3 is 16.0 Å². The minimum Gasteiger partial charge on any atom is -0.353 e. The van der Waals surface area contributed by atoms with Gasteiger partial charge >= 0.3 is 0 Å². The van der Waals surface area contributed by atoms with Gasteiger partial charge in [-0.2, -0.15) is 0 Å². The van der Waals surface area contributed by atoms with Crippen LogP contribution >= 0.6 is 0 Å². The predicted molar refractivity (Wildman–Crippen MR) is 69.1 cm³/mol. The minimum atomic E-state index is 0.0481. The van der Waals surface area contributed by atoms with E-state index < -0.39 is 0 Å². The number of rotatable bonds is 4. The molecule has 0 spiro atoms. The fraction of sp³-hybridized carbons (Fsp3) is 0.583. The van der Waals surface area contributed by atoms with Gasteiger partial charge in [-0.05, 0) is 18.9 Å². The van der Waals surface area contributed by atoms with Gasteiger partial charge in [0.2, 0.25) is 11.9 Å². The molecule has 2 heterocycles. The maximum atomic E-state index is 11.4. The predicted octanol–water partition coefficient (Wildman–Crippen LogP) is -0.0896. The Balaban J connectivity index is 1.80. The molecule has 98 valence electrons. The Bertz CT molecular complexity index is 375. The van der Waals surface area contributed by atoms with Crippen molar-refractivity contribution in [2.24, 2.45) is 5.73 Å². The Labute approximate surface area is 107 Å². The van der Waals surface area contributed by atoms with E-state index in [0.29, 0.717) is 13.0 Å². The average molecular weight is 249 g/mol. The largest absolute Gasteiger partial charge is 0.353 e. The van der Waals surface area contributed by atoms with Crippen LogP contribution in [0.3, 0.4) is 0 Å². The van der Waals surface area contributed by atoms with Gasteiger partial charge in [0.05, 0.1) is 0 Å². The third-order valence-electron chi connectivity index (χ3n) is 3.07. The van der Waals surface area contributed by atoms with Crippen molar-refractivity contribution in [3.8, 4) is 0 Å². The summed E-state index contributed by atoms with van der Waals surface area (Å²) < 4.78 is 0. The van der Waals surface area contributed by atoms with Crippen molar-refractivity contribution < 1.29 is 4.79 Å². The maximum absolute atomic E-state index is 11.4. The zero-order valence-corrected chi connectivity index (χ0v) is 10.4. The highest BCUT2D eigenvalue weighted by atomic mass is 16.1. The number of nitrogens with zero attached hydrogens (tertiary/aromatic N) is 3. The molecule has 1 amide bonds. The molecule has 3 N–H and O–H groups in total. The van der Waals surface area contributed by atoms with Crippen molar-refractivity contribution in [2.75, 3.05) is 24.5 Å². The van der Waals surface area contributed by atoms with Crippen LogP contribution in [-0.2, 0) is 4.79 Å². The summed E-state index contributed by atoms with van der Waals surface area (Å²) in [5, 5.41) is 3.01. The average Bonchev–Trinajstić information content (AvgIpc) is 2.41. The number of carbonyl (C=O) groups is 1. The van der Waals surface area contributed by atoms with Gasteiger partial charge in [-0.25, -0.2) is 9.97 Å². The first-order valence-electron chi connectivity index (χ1n) is 6.31. The number of amides is 1. The summed E-state index contributed by atoms with van der Waals surface area (Å²) >= 11 is 0. The van der Waals surface area contributed by atoms with Crippen molar-refractivity contribution in [3.63, 3.8) is 0 Å². The molecule has 1 aliphatic rings. The normalized spacial score (nSPS) is 16.6. The first-order valence-corrected chi connectivity index (χ1v) is 6.31. The molecule has 1 aromatic heterocycles. The van der Waals surface area contributed by atoms with E-state index in [0.717, 1.165) is 31.9 Å². The van der Waals surface area contributed by atoms with E-state index in [9.17, 15) is 4.79 Å². The molecule has 0 bridgehead atoms. The van der Waals surface area contributed by atoms with Gasteiger partial charge in [-0.3, -0.25) is 4.79 Å². The first kappa shape index (κ1) is 12.8. The molecule has 0 aliphatic carbocycles. The Kier molecular flexibility index (Phi) is 4.46. The molecule has 6 heteroatoms. The van der Waals surface area contributed by atoms with Crippen molar-refractivity contribution in [2.45, 2.75) is 25.3 Å². The van der Waals surface area contributed by atoms with Crippen LogP contribution in [0.15, 0.2) is 18.5 Å². The van der Waals surface area contributed by atoms with E-state index >= 15 is 0 Å². The van der Waals surface area contributed by atoms with Gasteiger partial charge in [0.1, 0.15) is 0 Å². The summed E-state index contributed by atoms with van der Waals surface area (Å²) in [5.74, 6) is 0.816. The second kappa shape index (κ2) is 6.30. The zero-order valence-electron chi connectivity index (χ0n) is 10.4. The molecule has 0 aromatic carbocycles. The second-order valence-corrected chi connectivity index (χ2v) is 4.42. The monoisotopic (exact) mass is 249 g/mol. The van der Waals surface area contributed by atoms with E-state index in [2.05, 4.69) is 20.2 Å². The molecule has 6 nitrogen and oxygen atoms in total. The van der Waals surface area contributed by atoms with E-state index in [4.69, 9.17) is 5.73 Å². The Morgan fingerprint density at radius 2 is 2.06 bits per heavy atom. The van der Waals surface area contributed by atoms with Crippen LogP contribution in [0.5, 0.6) is 0 Å². The fourth-order valence-corrected chi connectivity index (χ4v) is 2.11. The number of anilines is 1. The van der Waals surface area contributed by atoms with Crippen molar-refractivity contribution in [3.05, 3.63) is 18.5 Å². The van der Waals surface area contributed by atoms with Crippen LogP contribution < -0.4 is 16.0 Å². The van der Waals surface area contributed by atoms with Gasteiger partial charge in [-0.1, -0.05) is 0 Å². The standard InChI is InChI=1S/C12H19N5O/c13-5-2-11(18)16-10-3-8-17(9-4-10)12-14-6-1-7-15-12/h1,6-7,10H,2-5,8-9,13H2,(H,16,18). The highest BCUT2D eigenvalue weighted by Crippen LogP contribution is 2.15. The van der Waals surface area contributed by atoms with E-state index in [1.54, 1.807) is 12.4 Å². The first-order chi connectivity index (χ1) is 8.79. The Morgan fingerprint density at radius 1 is 1.39 bits per heavy atom. The molecule has 0 saturated carbocycles. The molecule has 1 aliphatic heterocycles. The van der Waals surface area contributed by atoms with Gasteiger partial charge in [0, 0.05) is 44.5 Å². The van der Waals surface area contributed by atoms with E-state index in [1.165, 1.54) is 0 Å². The molecular weight excluding hydrogens is 230 g/mol. The topological polar surface area (TPSA) is 84.1 Å². The number of piperidine rings is 1. The molecular formula is C12H19N5O. The van der Waals surface area contributed by atoms with Crippen molar-refractivity contribution in [1.29, 1.82) is 0 Å².